The molecule has 0 saturated heterocycles. The summed E-state index contributed by atoms with van der Waals surface area (Å²) in [5.74, 6) is 1.45. The summed E-state index contributed by atoms with van der Waals surface area (Å²) < 4.78 is 5.83. The number of ether oxygens (including phenoxy) is 1. The monoisotopic (exact) mass is 218 g/mol. The molecule has 0 bridgehead atoms. The summed E-state index contributed by atoms with van der Waals surface area (Å²) in [5, 5.41) is 2.97. The summed E-state index contributed by atoms with van der Waals surface area (Å²) in [6.07, 6.45) is 0. The molecule has 1 nitrogen and oxygen atoms in total. The highest BCUT2D eigenvalue weighted by Gasteiger charge is 2.07. The molecular formula is C13H14OS. The summed E-state index contributed by atoms with van der Waals surface area (Å²) in [6.45, 7) is 4.35. The standard InChI is InChI=1S/C13H14OS/c1-10(2)11-6-3-4-7-12(11)14-13-8-5-9-15-13/h3-10H,1-2H3. The molecule has 1 aromatic heterocycles. The van der Waals surface area contributed by atoms with Crippen LogP contribution in [0.4, 0.5) is 0 Å². The molecule has 2 aromatic rings. The maximum atomic E-state index is 5.83. The first-order valence-electron chi connectivity index (χ1n) is 5.07. The van der Waals surface area contributed by atoms with Crippen LogP contribution in [-0.2, 0) is 0 Å². The highest BCUT2D eigenvalue weighted by Crippen LogP contribution is 2.32. The van der Waals surface area contributed by atoms with E-state index in [0.717, 1.165) is 10.8 Å². The maximum Gasteiger partial charge on any atom is 0.180 e. The number of thiophene rings is 1. The van der Waals surface area contributed by atoms with Crippen LogP contribution in [0.5, 0.6) is 10.8 Å². The van der Waals surface area contributed by atoms with E-state index in [-0.39, 0.29) is 0 Å². The van der Waals surface area contributed by atoms with Gasteiger partial charge in [0.15, 0.2) is 5.06 Å². The molecule has 15 heavy (non-hydrogen) atoms. The van der Waals surface area contributed by atoms with Crippen molar-refractivity contribution in [2.24, 2.45) is 0 Å². The van der Waals surface area contributed by atoms with Gasteiger partial charge in [0.05, 0.1) is 0 Å². The van der Waals surface area contributed by atoms with Gasteiger partial charge in [-0.1, -0.05) is 32.0 Å². The van der Waals surface area contributed by atoms with E-state index >= 15 is 0 Å². The number of para-hydroxylation sites is 1. The van der Waals surface area contributed by atoms with E-state index in [4.69, 9.17) is 4.74 Å². The van der Waals surface area contributed by atoms with Crippen molar-refractivity contribution in [2.75, 3.05) is 0 Å². The van der Waals surface area contributed by atoms with Crippen molar-refractivity contribution in [2.45, 2.75) is 19.8 Å². The van der Waals surface area contributed by atoms with Gasteiger partial charge < -0.3 is 4.74 Å². The number of rotatable bonds is 3. The van der Waals surface area contributed by atoms with Gasteiger partial charge in [-0.3, -0.25) is 0 Å². The lowest BCUT2D eigenvalue weighted by molar-refractivity contribution is 0.486. The average Bonchev–Trinajstić information content (AvgIpc) is 2.71. The molecule has 0 aliphatic heterocycles. The fourth-order valence-corrected chi connectivity index (χ4v) is 2.07. The van der Waals surface area contributed by atoms with Crippen molar-refractivity contribution in [3.05, 3.63) is 47.3 Å². The van der Waals surface area contributed by atoms with E-state index in [1.807, 2.05) is 29.6 Å². The van der Waals surface area contributed by atoms with Gasteiger partial charge in [0.2, 0.25) is 0 Å². The lowest BCUT2D eigenvalue weighted by Crippen LogP contribution is -1.92. The van der Waals surface area contributed by atoms with Gasteiger partial charge in [-0.2, -0.15) is 0 Å². The zero-order valence-electron chi connectivity index (χ0n) is 8.94. The quantitative estimate of drug-likeness (QED) is 0.727. The molecule has 2 rings (SSSR count). The lowest BCUT2D eigenvalue weighted by atomic mass is 10.0. The predicted octanol–water partition coefficient (Wildman–Crippen LogP) is 4.66. The first kappa shape index (κ1) is 10.2. The molecule has 0 N–H and O–H groups in total. The molecular weight excluding hydrogens is 204 g/mol. The highest BCUT2D eigenvalue weighted by atomic mass is 32.1. The molecule has 0 aliphatic rings. The van der Waals surface area contributed by atoms with Gasteiger partial charge in [-0.15, -0.1) is 11.3 Å². The number of hydrogen-bond donors (Lipinski definition) is 0. The summed E-state index contributed by atoms with van der Waals surface area (Å²) >= 11 is 1.62. The Kier molecular flexibility index (Phi) is 3.07. The van der Waals surface area contributed by atoms with Crippen molar-refractivity contribution in [1.82, 2.24) is 0 Å². The molecule has 0 aliphatic carbocycles. The zero-order chi connectivity index (χ0) is 10.7. The Morgan fingerprint density at radius 3 is 2.53 bits per heavy atom. The summed E-state index contributed by atoms with van der Waals surface area (Å²) in [6, 6.07) is 12.2. The van der Waals surface area contributed by atoms with E-state index in [1.165, 1.54) is 5.56 Å². The van der Waals surface area contributed by atoms with E-state index in [2.05, 4.69) is 26.0 Å². The number of hydrogen-bond acceptors (Lipinski definition) is 2. The minimum atomic E-state index is 0.487. The predicted molar refractivity (Wildman–Crippen MR) is 64.9 cm³/mol. The first-order valence-corrected chi connectivity index (χ1v) is 5.95. The molecule has 78 valence electrons. The Bertz CT molecular complexity index is 418. The van der Waals surface area contributed by atoms with Crippen LogP contribution in [0.25, 0.3) is 0 Å². The molecule has 2 heteroatoms. The minimum absolute atomic E-state index is 0.487. The summed E-state index contributed by atoms with van der Waals surface area (Å²) in [5.41, 5.74) is 1.26. The Morgan fingerprint density at radius 2 is 1.87 bits per heavy atom. The third-order valence-electron chi connectivity index (χ3n) is 2.25. The van der Waals surface area contributed by atoms with Crippen LogP contribution in [0.2, 0.25) is 0 Å². The van der Waals surface area contributed by atoms with Gasteiger partial charge >= 0.3 is 0 Å². The van der Waals surface area contributed by atoms with Crippen molar-refractivity contribution >= 4 is 11.3 Å². The second-order valence-electron chi connectivity index (χ2n) is 3.73. The van der Waals surface area contributed by atoms with Crippen LogP contribution < -0.4 is 4.74 Å². The van der Waals surface area contributed by atoms with E-state index < -0.39 is 0 Å². The van der Waals surface area contributed by atoms with Crippen molar-refractivity contribution in [3.63, 3.8) is 0 Å². The van der Waals surface area contributed by atoms with Crippen molar-refractivity contribution in [1.29, 1.82) is 0 Å². The smallest absolute Gasteiger partial charge is 0.180 e. The molecule has 0 atom stereocenters. The van der Waals surface area contributed by atoms with E-state index in [9.17, 15) is 0 Å². The van der Waals surface area contributed by atoms with Crippen molar-refractivity contribution in [3.8, 4) is 10.8 Å². The average molecular weight is 218 g/mol. The Hall–Kier alpha value is -1.28. The fourth-order valence-electron chi connectivity index (χ4n) is 1.48. The van der Waals surface area contributed by atoms with Gasteiger partial charge in [0.25, 0.3) is 0 Å². The largest absolute Gasteiger partial charge is 0.446 e. The molecule has 0 fully saturated rings. The van der Waals surface area contributed by atoms with Crippen LogP contribution in [0.1, 0.15) is 25.3 Å². The van der Waals surface area contributed by atoms with Crippen LogP contribution in [0, 0.1) is 0 Å². The molecule has 0 saturated carbocycles. The highest BCUT2D eigenvalue weighted by molar-refractivity contribution is 7.11. The Labute approximate surface area is 94.3 Å². The maximum absolute atomic E-state index is 5.83. The summed E-state index contributed by atoms with van der Waals surface area (Å²) in [7, 11) is 0. The van der Waals surface area contributed by atoms with E-state index in [0.29, 0.717) is 5.92 Å². The molecule has 1 aromatic carbocycles. The van der Waals surface area contributed by atoms with Crippen LogP contribution in [0.3, 0.4) is 0 Å². The van der Waals surface area contributed by atoms with Crippen LogP contribution in [0.15, 0.2) is 41.8 Å². The molecule has 0 unspecified atom stereocenters. The molecule has 0 spiro atoms. The Morgan fingerprint density at radius 1 is 1.07 bits per heavy atom. The van der Waals surface area contributed by atoms with Crippen LogP contribution in [-0.4, -0.2) is 0 Å². The molecule has 1 heterocycles. The van der Waals surface area contributed by atoms with Gasteiger partial charge in [0, 0.05) is 0 Å². The zero-order valence-corrected chi connectivity index (χ0v) is 9.75. The normalized spacial score (nSPS) is 10.6. The van der Waals surface area contributed by atoms with Gasteiger partial charge in [0.1, 0.15) is 5.75 Å². The topological polar surface area (TPSA) is 9.23 Å². The Balaban J connectivity index is 2.28. The van der Waals surface area contributed by atoms with Gasteiger partial charge in [-0.05, 0) is 35.1 Å². The second-order valence-corrected chi connectivity index (χ2v) is 4.64. The number of benzene rings is 1. The van der Waals surface area contributed by atoms with Crippen molar-refractivity contribution < 1.29 is 4.74 Å². The third-order valence-corrected chi connectivity index (χ3v) is 2.99. The second kappa shape index (κ2) is 4.49. The lowest BCUT2D eigenvalue weighted by Gasteiger charge is -2.11. The fraction of sp³-hybridized carbons (Fsp3) is 0.231. The molecule has 0 radical (unpaired) electrons. The molecule has 0 amide bonds. The third kappa shape index (κ3) is 2.39. The summed E-state index contributed by atoms with van der Waals surface area (Å²) in [4.78, 5) is 0. The first-order chi connectivity index (χ1) is 7.27. The SMILES string of the molecule is CC(C)c1ccccc1Oc1cccs1. The minimum Gasteiger partial charge on any atom is -0.446 e. The van der Waals surface area contributed by atoms with Crippen LogP contribution >= 0.6 is 11.3 Å². The van der Waals surface area contributed by atoms with E-state index in [1.54, 1.807) is 11.3 Å². The van der Waals surface area contributed by atoms with Gasteiger partial charge in [-0.25, -0.2) is 0 Å².